The zero-order valence-corrected chi connectivity index (χ0v) is 11.4. The second kappa shape index (κ2) is 4.99. The molecule has 0 saturated carbocycles. The molecule has 2 aliphatic rings. The quantitative estimate of drug-likeness (QED) is 0.817. The topological polar surface area (TPSA) is 36.3 Å². The fourth-order valence-electron chi connectivity index (χ4n) is 2.88. The van der Waals surface area contributed by atoms with Gasteiger partial charge in [0.25, 0.3) is 0 Å². The summed E-state index contributed by atoms with van der Waals surface area (Å²) in [5.41, 5.74) is 1.38. The molecule has 0 spiro atoms. The van der Waals surface area contributed by atoms with Crippen LogP contribution in [0.1, 0.15) is 24.5 Å². The van der Waals surface area contributed by atoms with Gasteiger partial charge < -0.3 is 14.8 Å². The van der Waals surface area contributed by atoms with Crippen molar-refractivity contribution in [3.63, 3.8) is 0 Å². The third-order valence-electron chi connectivity index (χ3n) is 4.12. The van der Waals surface area contributed by atoms with Gasteiger partial charge in [-0.25, -0.2) is 4.98 Å². The zero-order chi connectivity index (χ0) is 12.5. The number of nitrogens with one attached hydrogen (secondary N) is 1. The molecule has 5 heteroatoms. The van der Waals surface area contributed by atoms with Gasteiger partial charge in [0, 0.05) is 52.0 Å². The van der Waals surface area contributed by atoms with Crippen LogP contribution in [0.15, 0.2) is 6.20 Å². The number of likely N-dealkylation sites (N-methyl/N-ethyl adjacent to an activating group) is 1. The van der Waals surface area contributed by atoms with Gasteiger partial charge in [-0.05, 0) is 14.0 Å². The van der Waals surface area contributed by atoms with Crippen molar-refractivity contribution < 1.29 is 0 Å². The number of imidazole rings is 1. The van der Waals surface area contributed by atoms with E-state index in [0.29, 0.717) is 6.04 Å². The molecule has 1 atom stereocenters. The predicted molar refractivity (Wildman–Crippen MR) is 71.4 cm³/mol. The Hall–Kier alpha value is -0.910. The van der Waals surface area contributed by atoms with E-state index >= 15 is 0 Å². The van der Waals surface area contributed by atoms with E-state index in [1.54, 1.807) is 0 Å². The molecule has 3 heterocycles. The predicted octanol–water partition coefficient (Wildman–Crippen LogP) is 0.295. The first-order chi connectivity index (χ1) is 8.74. The van der Waals surface area contributed by atoms with Gasteiger partial charge >= 0.3 is 0 Å². The molecule has 3 rings (SSSR count). The lowest BCUT2D eigenvalue weighted by Crippen LogP contribution is -2.44. The highest BCUT2D eigenvalue weighted by Crippen LogP contribution is 2.18. The van der Waals surface area contributed by atoms with Gasteiger partial charge in [-0.1, -0.05) is 0 Å². The van der Waals surface area contributed by atoms with Gasteiger partial charge in [-0.2, -0.15) is 0 Å². The molecule has 0 amide bonds. The number of hydrogen-bond donors (Lipinski definition) is 1. The molecule has 1 aromatic rings. The minimum atomic E-state index is 0.389. The van der Waals surface area contributed by atoms with E-state index in [9.17, 15) is 0 Å². The molecule has 1 N–H and O–H groups in total. The molecule has 2 aliphatic heterocycles. The standard InChI is InChI=1S/C13H23N5/c1-11-13-15-9-12(18(13)4-3-14-11)10-17-7-5-16(2)6-8-17/h9,11,14H,3-8,10H2,1-2H3/t11-/m0/s1. The number of hydrogen-bond acceptors (Lipinski definition) is 4. The summed E-state index contributed by atoms with van der Waals surface area (Å²) in [7, 11) is 2.20. The number of rotatable bonds is 2. The van der Waals surface area contributed by atoms with Crippen LogP contribution in [0.4, 0.5) is 0 Å². The van der Waals surface area contributed by atoms with Crippen LogP contribution >= 0.6 is 0 Å². The number of aromatic nitrogens is 2. The zero-order valence-electron chi connectivity index (χ0n) is 11.4. The molecule has 1 saturated heterocycles. The van der Waals surface area contributed by atoms with Crippen molar-refractivity contribution in [1.29, 1.82) is 0 Å². The molecule has 1 fully saturated rings. The van der Waals surface area contributed by atoms with Crippen LogP contribution in [0, 0.1) is 0 Å². The second-order valence-corrected chi connectivity index (χ2v) is 5.51. The van der Waals surface area contributed by atoms with E-state index in [1.807, 2.05) is 0 Å². The Bertz CT molecular complexity index is 406. The van der Waals surface area contributed by atoms with Crippen molar-refractivity contribution >= 4 is 0 Å². The smallest absolute Gasteiger partial charge is 0.125 e. The Balaban J connectivity index is 1.70. The minimum absolute atomic E-state index is 0.389. The van der Waals surface area contributed by atoms with Crippen LogP contribution < -0.4 is 5.32 Å². The van der Waals surface area contributed by atoms with Gasteiger partial charge in [0.15, 0.2) is 0 Å². The maximum Gasteiger partial charge on any atom is 0.125 e. The molecule has 0 radical (unpaired) electrons. The van der Waals surface area contributed by atoms with Crippen LogP contribution in [0.3, 0.4) is 0 Å². The first-order valence-electron chi connectivity index (χ1n) is 6.92. The summed E-state index contributed by atoms with van der Waals surface area (Å²) in [6.45, 7) is 10.1. The Labute approximate surface area is 109 Å². The van der Waals surface area contributed by atoms with Crippen molar-refractivity contribution in [2.24, 2.45) is 0 Å². The third-order valence-corrected chi connectivity index (χ3v) is 4.12. The van der Waals surface area contributed by atoms with E-state index in [0.717, 1.165) is 19.6 Å². The maximum absolute atomic E-state index is 4.58. The third kappa shape index (κ3) is 2.30. The molecule has 0 aliphatic carbocycles. The lowest BCUT2D eigenvalue weighted by atomic mass is 10.2. The molecular weight excluding hydrogens is 226 g/mol. The fraction of sp³-hybridized carbons (Fsp3) is 0.769. The monoisotopic (exact) mass is 249 g/mol. The highest BCUT2D eigenvalue weighted by molar-refractivity contribution is 5.10. The summed E-state index contributed by atoms with van der Waals surface area (Å²) < 4.78 is 2.40. The lowest BCUT2D eigenvalue weighted by Gasteiger charge is -2.33. The average Bonchev–Trinajstić information content (AvgIpc) is 2.77. The van der Waals surface area contributed by atoms with Crippen LogP contribution in [0.2, 0.25) is 0 Å². The van der Waals surface area contributed by atoms with E-state index in [-0.39, 0.29) is 0 Å². The maximum atomic E-state index is 4.58. The summed E-state index contributed by atoms with van der Waals surface area (Å²) in [6, 6.07) is 0.389. The summed E-state index contributed by atoms with van der Waals surface area (Å²) in [6.07, 6.45) is 2.07. The van der Waals surface area contributed by atoms with E-state index in [4.69, 9.17) is 0 Å². The first kappa shape index (κ1) is 12.1. The Morgan fingerprint density at radius 2 is 2.06 bits per heavy atom. The van der Waals surface area contributed by atoms with Gasteiger partial charge in [-0.15, -0.1) is 0 Å². The molecule has 0 unspecified atom stereocenters. The van der Waals surface area contributed by atoms with Crippen molar-refractivity contribution in [1.82, 2.24) is 24.7 Å². The van der Waals surface area contributed by atoms with E-state index in [2.05, 4.69) is 44.8 Å². The summed E-state index contributed by atoms with van der Waals surface area (Å²) in [4.78, 5) is 9.52. The Kier molecular flexibility index (Phi) is 3.37. The van der Waals surface area contributed by atoms with Gasteiger partial charge in [0.2, 0.25) is 0 Å². The Morgan fingerprint density at radius 1 is 1.28 bits per heavy atom. The molecule has 18 heavy (non-hydrogen) atoms. The fourth-order valence-corrected chi connectivity index (χ4v) is 2.88. The number of nitrogens with zero attached hydrogens (tertiary/aromatic N) is 4. The minimum Gasteiger partial charge on any atom is -0.328 e. The number of fused-ring (bicyclic) bond motifs is 1. The normalized spacial score (nSPS) is 26.2. The molecular formula is C13H23N5. The van der Waals surface area contributed by atoms with Crippen LogP contribution in [-0.2, 0) is 13.1 Å². The summed E-state index contributed by atoms with van der Waals surface area (Å²) in [5, 5.41) is 3.46. The molecule has 0 bridgehead atoms. The SMILES string of the molecule is C[C@@H]1NCCn2c(CN3CCN(C)CC3)cnc21. The van der Waals surface area contributed by atoms with Crippen molar-refractivity contribution in [2.75, 3.05) is 39.8 Å². The lowest BCUT2D eigenvalue weighted by molar-refractivity contribution is 0.145. The van der Waals surface area contributed by atoms with E-state index in [1.165, 1.54) is 37.7 Å². The molecule has 1 aromatic heterocycles. The van der Waals surface area contributed by atoms with Crippen LogP contribution in [0.25, 0.3) is 0 Å². The van der Waals surface area contributed by atoms with Gasteiger partial charge in [0.1, 0.15) is 5.82 Å². The highest BCUT2D eigenvalue weighted by atomic mass is 15.3. The molecule has 100 valence electrons. The Morgan fingerprint density at radius 3 is 2.83 bits per heavy atom. The summed E-state index contributed by atoms with van der Waals surface area (Å²) in [5.74, 6) is 1.20. The van der Waals surface area contributed by atoms with Crippen LogP contribution in [-0.4, -0.2) is 59.1 Å². The van der Waals surface area contributed by atoms with Crippen LogP contribution in [0.5, 0.6) is 0 Å². The van der Waals surface area contributed by atoms with Crippen molar-refractivity contribution in [2.45, 2.75) is 26.1 Å². The second-order valence-electron chi connectivity index (χ2n) is 5.51. The molecule has 0 aromatic carbocycles. The first-order valence-corrected chi connectivity index (χ1v) is 6.92. The average molecular weight is 249 g/mol. The number of piperazine rings is 1. The van der Waals surface area contributed by atoms with Crippen molar-refractivity contribution in [3.8, 4) is 0 Å². The highest BCUT2D eigenvalue weighted by Gasteiger charge is 2.21. The van der Waals surface area contributed by atoms with E-state index < -0.39 is 0 Å². The van der Waals surface area contributed by atoms with Gasteiger partial charge in [0.05, 0.1) is 11.7 Å². The molecule has 5 nitrogen and oxygen atoms in total. The summed E-state index contributed by atoms with van der Waals surface area (Å²) >= 11 is 0. The van der Waals surface area contributed by atoms with Crippen molar-refractivity contribution in [3.05, 3.63) is 17.7 Å². The van der Waals surface area contributed by atoms with Gasteiger partial charge in [-0.3, -0.25) is 4.90 Å². The largest absolute Gasteiger partial charge is 0.328 e.